The van der Waals surface area contributed by atoms with E-state index >= 15 is 0 Å². The molecule has 0 unspecified atom stereocenters. The molecule has 1 saturated heterocycles. The van der Waals surface area contributed by atoms with Gasteiger partial charge >= 0.3 is 0 Å². The molecule has 25 heavy (non-hydrogen) atoms. The molecule has 0 radical (unpaired) electrons. The number of hydrogen-bond acceptors (Lipinski definition) is 4. The Morgan fingerprint density at radius 2 is 2.12 bits per heavy atom. The minimum Gasteiger partial charge on any atom is -0.370 e. The van der Waals surface area contributed by atoms with Crippen molar-refractivity contribution >= 4 is 5.91 Å². The maximum absolute atomic E-state index is 12.9. The van der Waals surface area contributed by atoms with E-state index < -0.39 is 0 Å². The predicted octanol–water partition coefficient (Wildman–Crippen LogP) is 2.46. The summed E-state index contributed by atoms with van der Waals surface area (Å²) >= 11 is 0. The van der Waals surface area contributed by atoms with Crippen molar-refractivity contribution in [2.24, 2.45) is 5.92 Å². The number of likely N-dealkylation sites (tertiary alicyclic amines) is 1. The third-order valence-corrected chi connectivity index (χ3v) is 5.06. The van der Waals surface area contributed by atoms with E-state index in [4.69, 9.17) is 4.74 Å². The van der Waals surface area contributed by atoms with Gasteiger partial charge in [0.05, 0.1) is 30.6 Å². The lowest BCUT2D eigenvalue weighted by Gasteiger charge is -2.41. The molecule has 0 aliphatic carbocycles. The molecule has 6 heteroatoms. The lowest BCUT2D eigenvalue weighted by Crippen LogP contribution is -2.49. The summed E-state index contributed by atoms with van der Waals surface area (Å²) in [6, 6.07) is 8.09. The molecule has 0 bridgehead atoms. The molecular weight excluding hydrogens is 316 g/mol. The van der Waals surface area contributed by atoms with Crippen molar-refractivity contribution in [1.82, 2.24) is 19.9 Å². The minimum absolute atomic E-state index is 0.0594. The van der Waals surface area contributed by atoms with Gasteiger partial charge in [0.25, 0.3) is 5.91 Å². The second-order valence-electron chi connectivity index (χ2n) is 7.42. The zero-order valence-corrected chi connectivity index (χ0v) is 14.8. The summed E-state index contributed by atoms with van der Waals surface area (Å²) in [6.07, 6.45) is 3.73. The number of amides is 1. The first kappa shape index (κ1) is 16.3. The van der Waals surface area contributed by atoms with Crippen LogP contribution in [0.3, 0.4) is 0 Å². The lowest BCUT2D eigenvalue weighted by molar-refractivity contribution is -0.0605. The molecule has 1 aromatic heterocycles. The summed E-state index contributed by atoms with van der Waals surface area (Å²) in [6.45, 7) is 6.30. The topological polar surface area (TPSA) is 60.3 Å². The average Bonchev–Trinajstić information content (AvgIpc) is 3.10. The molecule has 0 N–H and O–H groups in total. The van der Waals surface area contributed by atoms with Crippen molar-refractivity contribution in [2.45, 2.75) is 45.4 Å². The Balaban J connectivity index is 1.48. The maximum Gasteiger partial charge on any atom is 0.253 e. The number of carbonyl (C=O) groups excluding carboxylic acids is 1. The third-order valence-electron chi connectivity index (χ3n) is 5.06. The molecule has 2 aliphatic rings. The van der Waals surface area contributed by atoms with E-state index in [1.165, 1.54) is 5.56 Å². The molecule has 0 spiro atoms. The van der Waals surface area contributed by atoms with Crippen LogP contribution in [0.25, 0.3) is 0 Å². The summed E-state index contributed by atoms with van der Waals surface area (Å²) < 4.78 is 7.84. The van der Waals surface area contributed by atoms with Crippen LogP contribution in [-0.2, 0) is 17.8 Å². The zero-order valence-electron chi connectivity index (χ0n) is 14.8. The Morgan fingerprint density at radius 1 is 1.32 bits per heavy atom. The molecule has 4 rings (SSSR count). The second-order valence-corrected chi connectivity index (χ2v) is 7.42. The quantitative estimate of drug-likeness (QED) is 0.861. The highest BCUT2D eigenvalue weighted by Gasteiger charge is 2.37. The van der Waals surface area contributed by atoms with Crippen LogP contribution in [0.1, 0.15) is 47.9 Å². The van der Waals surface area contributed by atoms with Crippen molar-refractivity contribution in [2.75, 3.05) is 13.1 Å². The Kier molecular flexibility index (Phi) is 4.29. The number of fused-ring (bicyclic) bond motifs is 3. The van der Waals surface area contributed by atoms with Gasteiger partial charge in [0.1, 0.15) is 0 Å². The predicted molar refractivity (Wildman–Crippen MR) is 93.1 cm³/mol. The van der Waals surface area contributed by atoms with Crippen molar-refractivity contribution in [3.8, 4) is 0 Å². The van der Waals surface area contributed by atoms with Crippen molar-refractivity contribution in [1.29, 1.82) is 0 Å². The van der Waals surface area contributed by atoms with Gasteiger partial charge in [-0.1, -0.05) is 31.2 Å². The fourth-order valence-corrected chi connectivity index (χ4v) is 3.80. The molecule has 2 atom stereocenters. The molecule has 1 amide bonds. The van der Waals surface area contributed by atoms with Gasteiger partial charge in [-0.15, -0.1) is 5.10 Å². The molecule has 132 valence electrons. The number of ether oxygens (including phenoxy) is 1. The fraction of sp³-hybridized carbons (Fsp3) is 0.526. The largest absolute Gasteiger partial charge is 0.370 e. The minimum atomic E-state index is 0.0594. The Bertz CT molecular complexity index is 753. The van der Waals surface area contributed by atoms with Gasteiger partial charge in [-0.25, -0.2) is 4.68 Å². The van der Waals surface area contributed by atoms with Crippen molar-refractivity contribution in [3.05, 3.63) is 47.3 Å². The van der Waals surface area contributed by atoms with Crippen LogP contribution in [-0.4, -0.2) is 45.0 Å². The number of nitrogens with zero attached hydrogens (tertiary/aromatic N) is 4. The van der Waals surface area contributed by atoms with E-state index in [0.29, 0.717) is 19.1 Å². The lowest BCUT2D eigenvalue weighted by atomic mass is 9.98. The summed E-state index contributed by atoms with van der Waals surface area (Å²) in [5, 5.41) is 8.18. The Labute approximate surface area is 147 Å². The van der Waals surface area contributed by atoms with Gasteiger partial charge in [-0.2, -0.15) is 0 Å². The SMILES string of the molecule is CC(C)Cc1ccc(C(=O)N2CC[C@@H]3OCc4cnnn4[C@@H]3C2)cc1. The highest BCUT2D eigenvalue weighted by Crippen LogP contribution is 2.30. The molecule has 1 fully saturated rings. The van der Waals surface area contributed by atoms with E-state index in [0.717, 1.165) is 30.6 Å². The van der Waals surface area contributed by atoms with Gasteiger partial charge in [0.2, 0.25) is 0 Å². The van der Waals surface area contributed by atoms with Crippen LogP contribution in [0.15, 0.2) is 30.5 Å². The first-order valence-electron chi connectivity index (χ1n) is 9.00. The highest BCUT2D eigenvalue weighted by molar-refractivity contribution is 5.94. The average molecular weight is 340 g/mol. The summed E-state index contributed by atoms with van der Waals surface area (Å²) in [7, 11) is 0. The maximum atomic E-state index is 12.9. The number of rotatable bonds is 3. The smallest absolute Gasteiger partial charge is 0.253 e. The highest BCUT2D eigenvalue weighted by atomic mass is 16.5. The molecule has 6 nitrogen and oxygen atoms in total. The van der Waals surface area contributed by atoms with Crippen LogP contribution < -0.4 is 0 Å². The van der Waals surface area contributed by atoms with Gasteiger partial charge in [-0.05, 0) is 36.5 Å². The van der Waals surface area contributed by atoms with Crippen molar-refractivity contribution in [3.63, 3.8) is 0 Å². The number of piperidine rings is 1. The molecule has 2 aromatic rings. The van der Waals surface area contributed by atoms with E-state index in [2.05, 4.69) is 36.3 Å². The van der Waals surface area contributed by atoms with E-state index in [-0.39, 0.29) is 18.1 Å². The third kappa shape index (κ3) is 3.18. The van der Waals surface area contributed by atoms with Gasteiger partial charge in [0.15, 0.2) is 0 Å². The van der Waals surface area contributed by atoms with Crippen LogP contribution in [0.4, 0.5) is 0 Å². The number of carbonyl (C=O) groups is 1. The molecule has 3 heterocycles. The summed E-state index contributed by atoms with van der Waals surface area (Å²) in [5.74, 6) is 0.700. The zero-order chi connectivity index (χ0) is 17.4. The molecule has 2 aliphatic heterocycles. The number of benzene rings is 1. The van der Waals surface area contributed by atoms with Crippen molar-refractivity contribution < 1.29 is 9.53 Å². The van der Waals surface area contributed by atoms with E-state index in [1.54, 1.807) is 6.20 Å². The van der Waals surface area contributed by atoms with Crippen LogP contribution in [0, 0.1) is 5.92 Å². The molecule has 0 saturated carbocycles. The van der Waals surface area contributed by atoms with E-state index in [9.17, 15) is 4.79 Å². The molecule has 1 aromatic carbocycles. The van der Waals surface area contributed by atoms with Crippen LogP contribution in [0.5, 0.6) is 0 Å². The first-order chi connectivity index (χ1) is 12.1. The number of hydrogen-bond donors (Lipinski definition) is 0. The monoisotopic (exact) mass is 340 g/mol. The summed E-state index contributed by atoms with van der Waals surface area (Å²) in [4.78, 5) is 14.8. The summed E-state index contributed by atoms with van der Waals surface area (Å²) in [5.41, 5.74) is 3.01. The van der Waals surface area contributed by atoms with Gasteiger partial charge < -0.3 is 9.64 Å². The Hall–Kier alpha value is -2.21. The van der Waals surface area contributed by atoms with E-state index in [1.807, 2.05) is 21.7 Å². The molecular formula is C19H24N4O2. The van der Waals surface area contributed by atoms with Crippen LogP contribution >= 0.6 is 0 Å². The number of aromatic nitrogens is 3. The Morgan fingerprint density at radius 3 is 2.88 bits per heavy atom. The van der Waals surface area contributed by atoms with Gasteiger partial charge in [0, 0.05) is 18.7 Å². The first-order valence-corrected chi connectivity index (χ1v) is 9.00. The standard InChI is InChI=1S/C19H24N4O2/c1-13(2)9-14-3-5-15(6-4-14)19(24)22-8-7-18-17(11-22)23-16(12-25-18)10-20-21-23/h3-6,10,13,17-18H,7-9,11-12H2,1-2H3/t17-,18+/m1/s1. The normalized spacial score (nSPS) is 22.6. The van der Waals surface area contributed by atoms with Gasteiger partial charge in [-0.3, -0.25) is 4.79 Å². The van der Waals surface area contributed by atoms with Crippen LogP contribution in [0.2, 0.25) is 0 Å². The fourth-order valence-electron chi connectivity index (χ4n) is 3.80. The second kappa shape index (κ2) is 6.59.